The van der Waals surface area contributed by atoms with Gasteiger partial charge in [0.15, 0.2) is 0 Å². The molecule has 0 saturated heterocycles. The van der Waals surface area contributed by atoms with Crippen molar-refractivity contribution in [3.05, 3.63) is 52.8 Å². The van der Waals surface area contributed by atoms with Crippen LogP contribution in [0, 0.1) is 6.08 Å². The number of rotatable bonds is 3. The first kappa shape index (κ1) is 27.7. The number of hydrogen-bond acceptors (Lipinski definition) is 0. The van der Waals surface area contributed by atoms with E-state index in [4.69, 9.17) is 0 Å². The molecule has 1 fully saturated rings. The van der Waals surface area contributed by atoms with Crippen LogP contribution >= 0.6 is 0 Å². The van der Waals surface area contributed by atoms with Crippen molar-refractivity contribution in [1.29, 1.82) is 0 Å². The van der Waals surface area contributed by atoms with Crippen molar-refractivity contribution in [3.63, 3.8) is 0 Å². The van der Waals surface area contributed by atoms with Crippen LogP contribution in [-0.2, 0) is 21.7 Å². The van der Waals surface area contributed by atoms with Crippen LogP contribution in [0.5, 0.6) is 0 Å². The van der Waals surface area contributed by atoms with Gasteiger partial charge in [-0.05, 0) is 0 Å². The minimum Gasteiger partial charge on any atom is -1.00 e. The zero-order valence-corrected chi connectivity index (χ0v) is 20.2. The molecular formula is C20H27Cl3SiTi. The molecule has 3 rings (SSSR count). The smallest absolute Gasteiger partial charge is 1.00 e. The quantitative estimate of drug-likeness (QED) is 0.330. The predicted octanol–water partition coefficient (Wildman–Crippen LogP) is -3.68. The van der Waals surface area contributed by atoms with Crippen LogP contribution in [0.25, 0.3) is 0 Å². The Hall–Kier alpha value is 0.501. The molecule has 0 aromatic heterocycles. The van der Waals surface area contributed by atoms with E-state index in [-0.39, 0.29) is 58.9 Å². The largest absolute Gasteiger partial charge is 4.00 e. The zero-order chi connectivity index (χ0) is 14.9. The van der Waals surface area contributed by atoms with Crippen LogP contribution in [0.4, 0.5) is 0 Å². The van der Waals surface area contributed by atoms with Gasteiger partial charge >= 0.3 is 21.7 Å². The first-order valence-electron chi connectivity index (χ1n) is 8.47. The average molecular weight is 450 g/mol. The monoisotopic (exact) mass is 448 g/mol. The molecule has 0 aliphatic heterocycles. The van der Waals surface area contributed by atoms with Gasteiger partial charge in [-0.3, -0.25) is 6.08 Å². The van der Waals surface area contributed by atoms with Gasteiger partial charge in [-0.15, -0.1) is 6.42 Å². The fraction of sp³-hybridized carbons (Fsp3) is 0.500. The molecule has 0 nitrogen and oxygen atoms in total. The molecule has 1 aromatic carbocycles. The van der Waals surface area contributed by atoms with E-state index in [0.717, 1.165) is 12.0 Å². The first-order chi connectivity index (χ1) is 10.1. The van der Waals surface area contributed by atoms with E-state index in [0.29, 0.717) is 0 Å². The van der Waals surface area contributed by atoms with E-state index in [9.17, 15) is 0 Å². The van der Waals surface area contributed by atoms with Gasteiger partial charge < -0.3 is 37.2 Å². The third-order valence-electron chi connectivity index (χ3n) is 5.73. The van der Waals surface area contributed by atoms with Crippen molar-refractivity contribution >= 4 is 13.3 Å². The summed E-state index contributed by atoms with van der Waals surface area (Å²) < 4.78 is 0. The molecule has 0 spiro atoms. The van der Waals surface area contributed by atoms with Gasteiger partial charge in [-0.25, -0.2) is 5.57 Å². The van der Waals surface area contributed by atoms with E-state index in [2.05, 4.69) is 56.8 Å². The normalized spacial score (nSPS) is 19.4. The van der Waals surface area contributed by atoms with Gasteiger partial charge in [0.25, 0.3) is 0 Å². The maximum Gasteiger partial charge on any atom is 4.00 e. The Balaban J connectivity index is 0. The fourth-order valence-electron chi connectivity index (χ4n) is 4.64. The summed E-state index contributed by atoms with van der Waals surface area (Å²) in [5.74, 6) is 0. The molecule has 0 radical (unpaired) electrons. The summed E-state index contributed by atoms with van der Waals surface area (Å²) in [6, 6.07) is 11.4. The van der Waals surface area contributed by atoms with Gasteiger partial charge in [-0.2, -0.15) is 10.8 Å². The molecular weight excluding hydrogens is 423 g/mol. The molecule has 1 saturated carbocycles. The van der Waals surface area contributed by atoms with Gasteiger partial charge in [0.1, 0.15) is 0 Å². The Kier molecular flexibility index (Phi) is 13.4. The molecule has 1 atom stereocenters. The second-order valence-corrected chi connectivity index (χ2v) is 11.3. The number of hydrogen-bond donors (Lipinski definition) is 0. The second kappa shape index (κ2) is 12.1. The van der Waals surface area contributed by atoms with Crippen LogP contribution in [0.2, 0.25) is 12.1 Å². The van der Waals surface area contributed by atoms with Gasteiger partial charge in [0, 0.05) is 8.07 Å². The maximum absolute atomic E-state index is 3.61. The standard InChI is InChI=1S/C20H27Si.3ClH.Ti/c1-16-14-15-17(2)20(16)21(3,18-10-6-4-7-11-18)19-12-8-5-9-13-19;;;;/h4,6-7,10-11,19H,5,8-9,12-14H2,1-3H3;3*1H;/q-1;;;;+4/p-3. The molecule has 0 amide bonds. The minimum absolute atomic E-state index is 0. The van der Waals surface area contributed by atoms with Crippen LogP contribution in [0.15, 0.2) is 46.7 Å². The molecule has 2 aliphatic rings. The molecule has 1 aromatic rings. The summed E-state index contributed by atoms with van der Waals surface area (Å²) in [6.07, 6.45) is 11.8. The topological polar surface area (TPSA) is 0 Å². The van der Waals surface area contributed by atoms with Crippen molar-refractivity contribution in [3.8, 4) is 0 Å². The summed E-state index contributed by atoms with van der Waals surface area (Å²) in [7, 11) is -1.64. The number of benzene rings is 1. The Labute approximate surface area is 188 Å². The third-order valence-corrected chi connectivity index (χ3v) is 11.3. The summed E-state index contributed by atoms with van der Waals surface area (Å²) >= 11 is 0. The maximum atomic E-state index is 3.61. The predicted molar refractivity (Wildman–Crippen MR) is 94.3 cm³/mol. The fourth-order valence-corrected chi connectivity index (χ4v) is 10.1. The van der Waals surface area contributed by atoms with E-state index in [1.54, 1.807) is 16.0 Å². The Bertz CT molecular complexity index is 580. The molecule has 2 aliphatic carbocycles. The van der Waals surface area contributed by atoms with Crippen molar-refractivity contribution in [2.45, 2.75) is 64.5 Å². The molecule has 136 valence electrons. The molecule has 0 N–H and O–H groups in total. The van der Waals surface area contributed by atoms with Gasteiger partial charge in [0.2, 0.25) is 0 Å². The van der Waals surface area contributed by atoms with E-state index < -0.39 is 8.07 Å². The van der Waals surface area contributed by atoms with E-state index in [1.807, 2.05) is 0 Å². The summed E-state index contributed by atoms with van der Waals surface area (Å²) in [6.45, 7) is 7.27. The van der Waals surface area contributed by atoms with Crippen molar-refractivity contribution in [1.82, 2.24) is 0 Å². The van der Waals surface area contributed by atoms with E-state index in [1.165, 1.54) is 37.7 Å². The van der Waals surface area contributed by atoms with Gasteiger partial charge in [-0.1, -0.05) is 93.6 Å². The zero-order valence-electron chi connectivity index (χ0n) is 15.3. The van der Waals surface area contributed by atoms with Crippen molar-refractivity contribution in [2.75, 3.05) is 0 Å². The minimum atomic E-state index is -1.64. The summed E-state index contributed by atoms with van der Waals surface area (Å²) in [4.78, 5) is 0. The summed E-state index contributed by atoms with van der Waals surface area (Å²) in [5.41, 5.74) is 3.96. The SMILES string of the molecule is CC1=[C-]CC(C)=C1[Si](C)(c1ccccc1)C1CCCCC1.[Cl-].[Cl-].[Cl-].[Ti+4]. The third kappa shape index (κ3) is 5.50. The molecule has 25 heavy (non-hydrogen) atoms. The average Bonchev–Trinajstić information content (AvgIpc) is 2.88. The van der Waals surface area contributed by atoms with Crippen LogP contribution in [-0.4, -0.2) is 8.07 Å². The molecule has 5 heteroatoms. The number of allylic oxidation sites excluding steroid dienone is 4. The molecule has 1 unspecified atom stereocenters. The van der Waals surface area contributed by atoms with Crippen molar-refractivity contribution < 1.29 is 58.9 Å². The Morgan fingerprint density at radius 2 is 1.48 bits per heavy atom. The number of halogens is 3. The molecule has 0 bridgehead atoms. The van der Waals surface area contributed by atoms with Crippen LogP contribution in [0.3, 0.4) is 0 Å². The Morgan fingerprint density at radius 3 is 1.96 bits per heavy atom. The van der Waals surface area contributed by atoms with Crippen molar-refractivity contribution in [2.24, 2.45) is 0 Å². The summed E-state index contributed by atoms with van der Waals surface area (Å²) in [5, 5.41) is 3.36. The Morgan fingerprint density at radius 1 is 0.920 bits per heavy atom. The van der Waals surface area contributed by atoms with E-state index >= 15 is 0 Å². The first-order valence-corrected chi connectivity index (χ1v) is 11.1. The van der Waals surface area contributed by atoms with Gasteiger partial charge in [0.05, 0.1) is 0 Å². The van der Waals surface area contributed by atoms with Crippen LogP contribution in [0.1, 0.15) is 52.4 Å². The molecule has 0 heterocycles. The van der Waals surface area contributed by atoms with Crippen LogP contribution < -0.4 is 42.4 Å². The second-order valence-electron chi connectivity index (χ2n) is 7.04.